The van der Waals surface area contributed by atoms with E-state index in [1.54, 1.807) is 13.0 Å². The zero-order valence-corrected chi connectivity index (χ0v) is 8.82. The van der Waals surface area contributed by atoms with Crippen molar-refractivity contribution in [3.8, 4) is 11.5 Å². The van der Waals surface area contributed by atoms with Crippen LogP contribution in [0.1, 0.15) is 23.1 Å². The van der Waals surface area contributed by atoms with Gasteiger partial charge in [0.15, 0.2) is 11.6 Å². The van der Waals surface area contributed by atoms with Crippen molar-refractivity contribution >= 4 is 5.78 Å². The summed E-state index contributed by atoms with van der Waals surface area (Å²) >= 11 is 0. The number of nitrogens with zero attached hydrogens (tertiary/aromatic N) is 2. The van der Waals surface area contributed by atoms with Crippen LogP contribution in [0.3, 0.4) is 0 Å². The molecule has 82 valence electrons. The van der Waals surface area contributed by atoms with E-state index in [0.717, 1.165) is 0 Å². The second-order valence-corrected chi connectivity index (χ2v) is 3.37. The van der Waals surface area contributed by atoms with Crippen LogP contribution in [0.4, 0.5) is 4.39 Å². The van der Waals surface area contributed by atoms with Crippen LogP contribution >= 0.6 is 0 Å². The number of carbonyl (C=O) groups excluding carboxylic acids is 1. The molecule has 0 spiro atoms. The maximum Gasteiger partial charge on any atom is 0.258 e. The van der Waals surface area contributed by atoms with Gasteiger partial charge in [0.2, 0.25) is 0 Å². The Morgan fingerprint density at radius 3 is 2.75 bits per heavy atom. The fourth-order valence-corrected chi connectivity index (χ4v) is 1.47. The second-order valence-electron chi connectivity index (χ2n) is 3.37. The summed E-state index contributed by atoms with van der Waals surface area (Å²) in [5.41, 5.74) is 0.305. The third kappa shape index (κ3) is 1.71. The Kier molecular flexibility index (Phi) is 2.52. The minimum atomic E-state index is -0.583. The molecule has 0 radical (unpaired) electrons. The fourth-order valence-electron chi connectivity index (χ4n) is 1.47. The summed E-state index contributed by atoms with van der Waals surface area (Å²) in [5, 5.41) is 3.60. The minimum Gasteiger partial charge on any atom is -0.334 e. The maximum absolute atomic E-state index is 13.5. The molecule has 2 rings (SSSR count). The molecule has 5 heteroatoms. The lowest BCUT2D eigenvalue weighted by atomic mass is 10.0. The lowest BCUT2D eigenvalue weighted by molar-refractivity contribution is 0.101. The topological polar surface area (TPSA) is 56.0 Å². The summed E-state index contributed by atoms with van der Waals surface area (Å²) in [6, 6.07) is 4.30. The van der Waals surface area contributed by atoms with Crippen molar-refractivity contribution in [2.45, 2.75) is 13.8 Å². The van der Waals surface area contributed by atoms with E-state index in [-0.39, 0.29) is 17.2 Å². The van der Waals surface area contributed by atoms with Gasteiger partial charge < -0.3 is 4.52 Å². The van der Waals surface area contributed by atoms with Gasteiger partial charge in [0, 0.05) is 0 Å². The highest BCUT2D eigenvalue weighted by Gasteiger charge is 2.18. The first kappa shape index (κ1) is 10.5. The molecular formula is C11H9FN2O2. The molecule has 0 fully saturated rings. The van der Waals surface area contributed by atoms with Crippen molar-refractivity contribution in [1.29, 1.82) is 0 Å². The van der Waals surface area contributed by atoms with Crippen LogP contribution in [0.25, 0.3) is 11.5 Å². The molecule has 0 atom stereocenters. The Labute approximate surface area is 91.1 Å². The molecular weight excluding hydrogens is 211 g/mol. The fraction of sp³-hybridized carbons (Fsp3) is 0.182. The summed E-state index contributed by atoms with van der Waals surface area (Å²) in [4.78, 5) is 15.3. The molecule has 0 N–H and O–H groups in total. The average molecular weight is 220 g/mol. The van der Waals surface area contributed by atoms with E-state index in [0.29, 0.717) is 11.4 Å². The molecule has 0 aliphatic heterocycles. The van der Waals surface area contributed by atoms with Crippen molar-refractivity contribution in [3.05, 3.63) is 35.4 Å². The van der Waals surface area contributed by atoms with Crippen LogP contribution in [0.2, 0.25) is 0 Å². The van der Waals surface area contributed by atoms with Gasteiger partial charge in [-0.15, -0.1) is 0 Å². The predicted octanol–water partition coefficient (Wildman–Crippen LogP) is 2.39. The Bertz CT molecular complexity index is 549. The lowest BCUT2D eigenvalue weighted by Gasteiger charge is -2.02. The van der Waals surface area contributed by atoms with Gasteiger partial charge >= 0.3 is 0 Å². The number of halogens is 1. The predicted molar refractivity (Wildman–Crippen MR) is 54.4 cm³/mol. The van der Waals surface area contributed by atoms with E-state index >= 15 is 0 Å². The molecule has 1 aromatic carbocycles. The number of ketones is 1. The third-order valence-corrected chi connectivity index (χ3v) is 2.12. The van der Waals surface area contributed by atoms with Gasteiger partial charge in [-0.3, -0.25) is 4.79 Å². The third-order valence-electron chi connectivity index (χ3n) is 2.12. The molecule has 0 saturated carbocycles. The molecule has 0 aliphatic rings. The molecule has 1 aromatic heterocycles. The largest absolute Gasteiger partial charge is 0.334 e. The summed E-state index contributed by atoms with van der Waals surface area (Å²) in [6.45, 7) is 2.95. The van der Waals surface area contributed by atoms with Crippen LogP contribution < -0.4 is 0 Å². The zero-order chi connectivity index (χ0) is 11.7. The Morgan fingerprint density at radius 2 is 2.19 bits per heavy atom. The highest BCUT2D eigenvalue weighted by atomic mass is 19.1. The average Bonchev–Trinajstić information content (AvgIpc) is 2.63. The molecule has 0 amide bonds. The van der Waals surface area contributed by atoms with Gasteiger partial charge in [-0.05, 0) is 26.0 Å². The molecule has 0 bridgehead atoms. The Morgan fingerprint density at radius 1 is 1.44 bits per heavy atom. The first-order valence-corrected chi connectivity index (χ1v) is 4.69. The SMILES string of the molecule is CC(=O)c1c(F)cccc1-c1nc(C)no1. The van der Waals surface area contributed by atoms with E-state index in [1.807, 2.05) is 0 Å². The van der Waals surface area contributed by atoms with Crippen LogP contribution in [0.15, 0.2) is 22.7 Å². The lowest BCUT2D eigenvalue weighted by Crippen LogP contribution is -2.00. The van der Waals surface area contributed by atoms with Crippen LogP contribution in [-0.2, 0) is 0 Å². The highest BCUT2D eigenvalue weighted by molar-refractivity contribution is 6.00. The summed E-state index contributed by atoms with van der Waals surface area (Å²) in [6.07, 6.45) is 0. The molecule has 4 nitrogen and oxygen atoms in total. The summed E-state index contributed by atoms with van der Waals surface area (Å²) in [7, 11) is 0. The highest BCUT2D eigenvalue weighted by Crippen LogP contribution is 2.24. The van der Waals surface area contributed by atoms with Crippen LogP contribution in [-0.4, -0.2) is 15.9 Å². The number of hydrogen-bond acceptors (Lipinski definition) is 4. The van der Waals surface area contributed by atoms with E-state index < -0.39 is 5.82 Å². The summed E-state index contributed by atoms with van der Waals surface area (Å²) in [5.74, 6) is -0.360. The molecule has 2 aromatic rings. The Hall–Kier alpha value is -2.04. The van der Waals surface area contributed by atoms with Crippen LogP contribution in [0, 0.1) is 12.7 Å². The number of carbonyl (C=O) groups is 1. The van der Waals surface area contributed by atoms with Crippen molar-refractivity contribution in [3.63, 3.8) is 0 Å². The number of benzene rings is 1. The number of rotatable bonds is 2. The van der Waals surface area contributed by atoms with E-state index in [1.165, 1.54) is 19.1 Å². The molecule has 16 heavy (non-hydrogen) atoms. The smallest absolute Gasteiger partial charge is 0.258 e. The normalized spacial score (nSPS) is 10.4. The number of aromatic nitrogens is 2. The minimum absolute atomic E-state index is 0.0221. The van der Waals surface area contributed by atoms with Gasteiger partial charge in [0.05, 0.1) is 11.1 Å². The van der Waals surface area contributed by atoms with Crippen molar-refractivity contribution < 1.29 is 13.7 Å². The quantitative estimate of drug-likeness (QED) is 0.729. The van der Waals surface area contributed by atoms with Gasteiger partial charge in [-0.1, -0.05) is 11.2 Å². The molecule has 0 aliphatic carbocycles. The zero-order valence-electron chi connectivity index (χ0n) is 8.82. The molecule has 0 unspecified atom stereocenters. The van der Waals surface area contributed by atoms with E-state index in [2.05, 4.69) is 10.1 Å². The van der Waals surface area contributed by atoms with Crippen molar-refractivity contribution in [2.24, 2.45) is 0 Å². The Balaban J connectivity index is 2.65. The standard InChI is InChI=1S/C11H9FN2O2/c1-6(15)10-8(4-3-5-9(10)12)11-13-7(2)14-16-11/h3-5H,1-2H3. The first-order chi connectivity index (χ1) is 7.59. The molecule has 1 heterocycles. The van der Waals surface area contributed by atoms with Gasteiger partial charge in [-0.25, -0.2) is 4.39 Å². The number of Topliss-reactive ketones (excluding diaryl/α,β-unsaturated/α-hetero) is 1. The summed E-state index contributed by atoms with van der Waals surface area (Å²) < 4.78 is 18.4. The van der Waals surface area contributed by atoms with Crippen LogP contribution in [0.5, 0.6) is 0 Å². The second kappa shape index (κ2) is 3.84. The van der Waals surface area contributed by atoms with E-state index in [4.69, 9.17) is 4.52 Å². The van der Waals surface area contributed by atoms with Crippen molar-refractivity contribution in [2.75, 3.05) is 0 Å². The number of aryl methyl sites for hydroxylation is 1. The number of hydrogen-bond donors (Lipinski definition) is 0. The van der Waals surface area contributed by atoms with Gasteiger partial charge in [-0.2, -0.15) is 4.98 Å². The van der Waals surface area contributed by atoms with Gasteiger partial charge in [0.25, 0.3) is 5.89 Å². The monoisotopic (exact) mass is 220 g/mol. The maximum atomic E-state index is 13.5. The van der Waals surface area contributed by atoms with Crippen molar-refractivity contribution in [1.82, 2.24) is 10.1 Å². The van der Waals surface area contributed by atoms with Gasteiger partial charge in [0.1, 0.15) is 5.82 Å². The first-order valence-electron chi connectivity index (χ1n) is 4.69. The van der Waals surface area contributed by atoms with E-state index in [9.17, 15) is 9.18 Å². The molecule has 0 saturated heterocycles.